The normalized spacial score (nSPS) is 26.0. The number of ether oxygens (including phenoxy) is 2. The highest BCUT2D eigenvalue weighted by molar-refractivity contribution is 7.86. The van der Waals surface area contributed by atoms with Crippen molar-refractivity contribution in [3.05, 3.63) is 65.7 Å². The second-order valence-electron chi connectivity index (χ2n) is 6.38. The second-order valence-corrected chi connectivity index (χ2v) is 7.96. The van der Waals surface area contributed by atoms with E-state index in [0.29, 0.717) is 0 Å². The number of aliphatic hydroxyl groups excluding tert-OH is 2. The Kier molecular flexibility index (Phi) is 6.25. The fourth-order valence-corrected chi connectivity index (χ4v) is 3.75. The van der Waals surface area contributed by atoms with E-state index < -0.39 is 34.7 Å². The molecule has 8 heteroatoms. The summed E-state index contributed by atoms with van der Waals surface area (Å²) in [4.78, 5) is -0.0535. The molecule has 0 amide bonds. The van der Waals surface area contributed by atoms with Crippen molar-refractivity contribution < 1.29 is 32.3 Å². The Balaban J connectivity index is 1.76. The molecule has 2 N–H and O–H groups in total. The number of rotatable bonds is 6. The zero-order chi connectivity index (χ0) is 19.4. The molecule has 2 aromatic rings. The molecule has 27 heavy (non-hydrogen) atoms. The molecule has 0 aromatic heterocycles. The summed E-state index contributed by atoms with van der Waals surface area (Å²) in [5, 5.41) is 20.1. The minimum atomic E-state index is -4.18. The Morgan fingerprint density at radius 1 is 1.07 bits per heavy atom. The van der Waals surface area contributed by atoms with Gasteiger partial charge in [0.2, 0.25) is 0 Å². The Labute approximate surface area is 158 Å². The number of aryl methyl sites for hydroxylation is 1. The predicted octanol–water partition coefficient (Wildman–Crippen LogP) is 1.36. The van der Waals surface area contributed by atoms with Crippen LogP contribution in [-0.4, -0.2) is 49.8 Å². The number of benzene rings is 2. The minimum absolute atomic E-state index is 0.0535. The number of aliphatic hydroxyl groups is 2. The van der Waals surface area contributed by atoms with E-state index in [9.17, 15) is 18.6 Å². The SMILES string of the molecule is Cc1ccc(S(=O)(=O)OC2C(OCc3ccccc3)OCC(O)C2O)cc1. The molecule has 1 heterocycles. The van der Waals surface area contributed by atoms with Crippen molar-refractivity contribution in [2.24, 2.45) is 0 Å². The molecule has 4 atom stereocenters. The zero-order valence-electron chi connectivity index (χ0n) is 14.8. The van der Waals surface area contributed by atoms with Crippen LogP contribution in [0, 0.1) is 6.92 Å². The maximum atomic E-state index is 12.6. The average molecular weight is 394 g/mol. The van der Waals surface area contributed by atoms with E-state index in [2.05, 4.69) is 0 Å². The van der Waals surface area contributed by atoms with E-state index in [4.69, 9.17) is 13.7 Å². The molecule has 1 fully saturated rings. The summed E-state index contributed by atoms with van der Waals surface area (Å²) in [5.74, 6) is 0. The topological polar surface area (TPSA) is 102 Å². The standard InChI is InChI=1S/C19H22O7S/c1-13-7-9-15(10-8-13)27(22,23)26-18-17(21)16(20)12-25-19(18)24-11-14-5-3-2-4-6-14/h2-10,16-21H,11-12H2,1H3. The van der Waals surface area contributed by atoms with Gasteiger partial charge < -0.3 is 19.7 Å². The Bertz CT molecular complexity index is 836. The highest BCUT2D eigenvalue weighted by atomic mass is 32.2. The van der Waals surface area contributed by atoms with Crippen molar-refractivity contribution in [2.75, 3.05) is 6.61 Å². The minimum Gasteiger partial charge on any atom is -0.388 e. The first kappa shape index (κ1) is 19.9. The van der Waals surface area contributed by atoms with Crippen molar-refractivity contribution in [1.29, 1.82) is 0 Å². The van der Waals surface area contributed by atoms with Crippen LogP contribution in [0.4, 0.5) is 0 Å². The smallest absolute Gasteiger partial charge is 0.297 e. The molecule has 0 spiro atoms. The summed E-state index contributed by atoms with van der Waals surface area (Å²) in [6.07, 6.45) is -5.30. The van der Waals surface area contributed by atoms with Crippen molar-refractivity contribution in [1.82, 2.24) is 0 Å². The quantitative estimate of drug-likeness (QED) is 0.713. The van der Waals surface area contributed by atoms with E-state index in [1.165, 1.54) is 12.1 Å². The lowest BCUT2D eigenvalue weighted by molar-refractivity contribution is -0.266. The lowest BCUT2D eigenvalue weighted by atomic mass is 10.1. The summed E-state index contributed by atoms with van der Waals surface area (Å²) in [6, 6.07) is 15.3. The Morgan fingerprint density at radius 2 is 1.74 bits per heavy atom. The number of hydrogen-bond donors (Lipinski definition) is 2. The molecule has 1 aliphatic heterocycles. The van der Waals surface area contributed by atoms with Gasteiger partial charge in [0.25, 0.3) is 10.1 Å². The van der Waals surface area contributed by atoms with E-state index in [0.717, 1.165) is 11.1 Å². The largest absolute Gasteiger partial charge is 0.388 e. The monoisotopic (exact) mass is 394 g/mol. The van der Waals surface area contributed by atoms with Crippen molar-refractivity contribution in [3.8, 4) is 0 Å². The molecule has 0 saturated carbocycles. The third-order valence-electron chi connectivity index (χ3n) is 4.23. The first-order chi connectivity index (χ1) is 12.9. The van der Waals surface area contributed by atoms with Gasteiger partial charge >= 0.3 is 0 Å². The van der Waals surface area contributed by atoms with Crippen LogP contribution in [-0.2, 0) is 30.4 Å². The van der Waals surface area contributed by atoms with Crippen LogP contribution < -0.4 is 0 Å². The van der Waals surface area contributed by atoms with Crippen molar-refractivity contribution in [3.63, 3.8) is 0 Å². The molecule has 146 valence electrons. The molecular weight excluding hydrogens is 372 g/mol. The van der Waals surface area contributed by atoms with Gasteiger partial charge in [-0.1, -0.05) is 48.0 Å². The summed E-state index contributed by atoms with van der Waals surface area (Å²) in [5.41, 5.74) is 1.75. The summed E-state index contributed by atoms with van der Waals surface area (Å²) in [7, 11) is -4.18. The Morgan fingerprint density at radius 3 is 2.41 bits per heavy atom. The third-order valence-corrected chi connectivity index (χ3v) is 5.56. The highest BCUT2D eigenvalue weighted by Gasteiger charge is 2.43. The fourth-order valence-electron chi connectivity index (χ4n) is 2.67. The first-order valence-electron chi connectivity index (χ1n) is 8.50. The van der Waals surface area contributed by atoms with Crippen molar-refractivity contribution in [2.45, 2.75) is 43.0 Å². The van der Waals surface area contributed by atoms with Crippen LogP contribution >= 0.6 is 0 Å². The Hall–Kier alpha value is -1.81. The van der Waals surface area contributed by atoms with E-state index in [-0.39, 0.29) is 18.1 Å². The highest BCUT2D eigenvalue weighted by Crippen LogP contribution is 2.25. The van der Waals surface area contributed by atoms with Gasteiger partial charge in [0.05, 0.1) is 18.1 Å². The van der Waals surface area contributed by atoms with Gasteiger partial charge in [-0.2, -0.15) is 8.42 Å². The predicted molar refractivity (Wildman–Crippen MR) is 96.2 cm³/mol. The molecule has 0 aliphatic carbocycles. The molecule has 0 radical (unpaired) electrons. The molecule has 1 saturated heterocycles. The number of hydrogen-bond acceptors (Lipinski definition) is 7. The maximum Gasteiger partial charge on any atom is 0.297 e. The fraction of sp³-hybridized carbons (Fsp3) is 0.368. The van der Waals surface area contributed by atoms with Gasteiger partial charge in [-0.05, 0) is 24.6 Å². The molecular formula is C19H22O7S. The molecule has 7 nitrogen and oxygen atoms in total. The second kappa shape index (κ2) is 8.47. The molecule has 3 rings (SSSR count). The van der Waals surface area contributed by atoms with Gasteiger partial charge in [0.15, 0.2) is 12.4 Å². The van der Waals surface area contributed by atoms with E-state index in [1.54, 1.807) is 12.1 Å². The van der Waals surface area contributed by atoms with Crippen LogP contribution in [0.3, 0.4) is 0 Å². The lowest BCUT2D eigenvalue weighted by Gasteiger charge is -2.37. The summed E-state index contributed by atoms with van der Waals surface area (Å²) >= 11 is 0. The van der Waals surface area contributed by atoms with Crippen LogP contribution in [0.25, 0.3) is 0 Å². The maximum absolute atomic E-state index is 12.6. The van der Waals surface area contributed by atoms with Gasteiger partial charge in [0, 0.05) is 0 Å². The first-order valence-corrected chi connectivity index (χ1v) is 9.91. The summed E-state index contributed by atoms with van der Waals surface area (Å²) in [6.45, 7) is 1.78. The van der Waals surface area contributed by atoms with Gasteiger partial charge in [-0.25, -0.2) is 0 Å². The molecule has 1 aliphatic rings. The van der Waals surface area contributed by atoms with E-state index in [1.807, 2.05) is 37.3 Å². The molecule has 2 aromatic carbocycles. The van der Waals surface area contributed by atoms with E-state index >= 15 is 0 Å². The van der Waals surface area contributed by atoms with Gasteiger partial charge in [-0.3, -0.25) is 4.18 Å². The van der Waals surface area contributed by atoms with Crippen LogP contribution in [0.15, 0.2) is 59.5 Å². The molecule has 0 bridgehead atoms. The third kappa shape index (κ3) is 4.92. The average Bonchev–Trinajstić information content (AvgIpc) is 2.66. The summed E-state index contributed by atoms with van der Waals surface area (Å²) < 4.78 is 41.3. The van der Waals surface area contributed by atoms with Gasteiger partial charge in [0.1, 0.15) is 12.2 Å². The van der Waals surface area contributed by atoms with Crippen LogP contribution in [0.5, 0.6) is 0 Å². The molecule has 4 unspecified atom stereocenters. The van der Waals surface area contributed by atoms with Crippen LogP contribution in [0.1, 0.15) is 11.1 Å². The lowest BCUT2D eigenvalue weighted by Crippen LogP contribution is -2.55. The van der Waals surface area contributed by atoms with Gasteiger partial charge in [-0.15, -0.1) is 0 Å². The zero-order valence-corrected chi connectivity index (χ0v) is 15.6. The van der Waals surface area contributed by atoms with Crippen molar-refractivity contribution >= 4 is 10.1 Å². The van der Waals surface area contributed by atoms with Crippen LogP contribution in [0.2, 0.25) is 0 Å².